The van der Waals surface area contributed by atoms with Gasteiger partial charge < -0.3 is 30.6 Å². The van der Waals surface area contributed by atoms with Crippen molar-refractivity contribution in [3.8, 4) is 5.75 Å². The van der Waals surface area contributed by atoms with Gasteiger partial charge >= 0.3 is 19.3 Å². The number of aliphatic hydroxyl groups excluding tert-OH is 1. The van der Waals surface area contributed by atoms with Crippen molar-refractivity contribution >= 4 is 19.4 Å². The summed E-state index contributed by atoms with van der Waals surface area (Å²) in [7, 11) is -4.62. The number of para-hydroxylation sites is 1. The van der Waals surface area contributed by atoms with Crippen molar-refractivity contribution < 1.29 is 44.5 Å². The molecule has 1 fully saturated rings. The predicted molar refractivity (Wildman–Crippen MR) is 132 cm³/mol. The van der Waals surface area contributed by atoms with E-state index in [-0.39, 0.29) is 5.75 Å². The molecular weight excluding hydrogens is 529 g/mol. The van der Waals surface area contributed by atoms with Gasteiger partial charge in [0.15, 0.2) is 17.9 Å². The Morgan fingerprint density at radius 3 is 2.63 bits per heavy atom. The Kier molecular flexibility index (Phi) is 8.34. The third kappa shape index (κ3) is 6.56. The van der Waals surface area contributed by atoms with Crippen LogP contribution in [0.4, 0.5) is 14.6 Å². The number of alkyl halides is 1. The molecule has 1 unspecified atom stereocenters. The third-order valence-electron chi connectivity index (χ3n) is 5.54. The lowest BCUT2D eigenvalue weighted by atomic mass is 9.92. The zero-order valence-corrected chi connectivity index (χ0v) is 21.7. The fraction of sp³-hybridized carbons (Fsp3) is 0.522. The van der Waals surface area contributed by atoms with Gasteiger partial charge in [0.05, 0.1) is 33.7 Å². The lowest BCUT2D eigenvalue weighted by molar-refractivity contribution is -0.151. The smallest absolute Gasteiger partial charge is 0.380 e. The molecule has 2 heterocycles. The van der Waals surface area contributed by atoms with E-state index in [2.05, 4.69) is 4.98 Å². The number of ether oxygens (including phenoxy) is 2. The van der Waals surface area contributed by atoms with Crippen molar-refractivity contribution in [3.05, 3.63) is 52.8 Å². The molecule has 0 radical (unpaired) electrons. The van der Waals surface area contributed by atoms with Gasteiger partial charge in [0, 0.05) is 0 Å². The fourth-order valence-electron chi connectivity index (χ4n) is 3.58. The van der Waals surface area contributed by atoms with Crippen LogP contribution in [-0.4, -0.2) is 63.9 Å². The molecular formula is C23H31F2N4O8P. The number of benzene rings is 1. The van der Waals surface area contributed by atoms with Crippen molar-refractivity contribution in [2.45, 2.75) is 50.8 Å². The highest BCUT2D eigenvalue weighted by Crippen LogP contribution is 2.51. The Balaban J connectivity index is 1.97. The first-order valence-electron chi connectivity index (χ1n) is 12.5. The molecule has 0 amide bonds. The summed E-state index contributed by atoms with van der Waals surface area (Å²) in [6, 6.07) is 7.53. The lowest BCUT2D eigenvalue weighted by Gasteiger charge is -2.30. The van der Waals surface area contributed by atoms with Crippen molar-refractivity contribution in [1.82, 2.24) is 9.55 Å². The standard InChI is InChI=1S/C23H31F2N4O8P/c1-13(2)35-20(31)14(3)11-38(33,37-15-7-5-4-6-8-15)34-10-17-18(30)23(27,12-24)21(36-17)29-9-16(25)19(26)28-22(29)32/h4-9,13-14,17-18,21,30H,10-12,27H2,1-3H3,(H2,26,28,32)/t14-,17-,18+,21-,23?,38+/m1/s1/i10D2. The third-order valence-corrected chi connectivity index (χ3v) is 7.41. The molecule has 0 saturated carbocycles. The molecule has 1 aliphatic heterocycles. The minimum absolute atomic E-state index is 0.00346. The van der Waals surface area contributed by atoms with E-state index in [1.54, 1.807) is 32.0 Å². The van der Waals surface area contributed by atoms with Crippen LogP contribution in [0, 0.1) is 11.7 Å². The van der Waals surface area contributed by atoms with Crippen LogP contribution in [0.5, 0.6) is 5.75 Å². The number of halogens is 2. The molecule has 38 heavy (non-hydrogen) atoms. The van der Waals surface area contributed by atoms with Crippen molar-refractivity contribution in [1.29, 1.82) is 0 Å². The van der Waals surface area contributed by atoms with Gasteiger partial charge in [0.25, 0.3) is 0 Å². The zero-order valence-electron chi connectivity index (χ0n) is 22.8. The van der Waals surface area contributed by atoms with Crippen molar-refractivity contribution in [2.75, 3.05) is 25.1 Å². The highest BCUT2D eigenvalue weighted by atomic mass is 31.2. The first-order valence-corrected chi connectivity index (χ1v) is 13.2. The number of aromatic nitrogens is 2. The molecule has 5 N–H and O–H groups in total. The molecule has 0 aliphatic carbocycles. The fourth-order valence-corrected chi connectivity index (χ4v) is 5.29. The summed E-state index contributed by atoms with van der Waals surface area (Å²) in [5.41, 5.74) is 7.55. The van der Waals surface area contributed by atoms with Crippen LogP contribution >= 0.6 is 7.60 Å². The highest BCUT2D eigenvalue weighted by molar-refractivity contribution is 7.54. The number of carbonyl (C=O) groups is 1. The van der Waals surface area contributed by atoms with Crippen LogP contribution in [0.15, 0.2) is 41.3 Å². The number of nitrogens with two attached hydrogens (primary N) is 2. The summed E-state index contributed by atoms with van der Waals surface area (Å²) < 4.78 is 81.0. The Bertz CT molecular complexity index is 1320. The largest absolute Gasteiger partial charge is 0.463 e. The number of aliphatic hydroxyl groups is 1. The molecule has 1 aromatic carbocycles. The van der Waals surface area contributed by atoms with E-state index in [4.69, 9.17) is 32.7 Å². The molecule has 1 saturated heterocycles. The molecule has 1 aromatic heterocycles. The van der Waals surface area contributed by atoms with Gasteiger partial charge in [-0.15, -0.1) is 0 Å². The van der Waals surface area contributed by atoms with E-state index in [9.17, 15) is 28.0 Å². The van der Waals surface area contributed by atoms with Gasteiger partial charge in [-0.3, -0.25) is 13.9 Å². The lowest BCUT2D eigenvalue weighted by Crippen LogP contribution is -2.57. The van der Waals surface area contributed by atoms with Crippen molar-refractivity contribution in [2.24, 2.45) is 11.7 Å². The SMILES string of the molecule is [2H]C([2H])(O[P@@](=O)(C[C@@H](C)C(=O)OC(C)C)Oc1ccccc1)[C@H]1O[C@@H](n2cc(F)c(N)nc2=O)C(N)(CF)[C@H]1O. The topological polar surface area (TPSA) is 178 Å². The Morgan fingerprint density at radius 1 is 1.37 bits per heavy atom. The van der Waals surface area contributed by atoms with Gasteiger partial charge in [-0.05, 0) is 26.0 Å². The monoisotopic (exact) mass is 562 g/mol. The molecule has 3 rings (SSSR count). The maximum Gasteiger partial charge on any atom is 0.380 e. The second-order valence-corrected chi connectivity index (χ2v) is 11.0. The molecule has 1 aliphatic rings. The summed E-state index contributed by atoms with van der Waals surface area (Å²) >= 11 is 0. The van der Waals surface area contributed by atoms with Crippen LogP contribution in [0.2, 0.25) is 0 Å². The second-order valence-electron chi connectivity index (χ2n) is 9.06. The van der Waals surface area contributed by atoms with Gasteiger partial charge in [-0.2, -0.15) is 4.98 Å². The molecule has 0 spiro atoms. The van der Waals surface area contributed by atoms with Gasteiger partial charge in [-0.1, -0.05) is 25.1 Å². The van der Waals surface area contributed by atoms with Gasteiger partial charge in [0.1, 0.15) is 30.2 Å². The van der Waals surface area contributed by atoms with E-state index < -0.39 is 86.3 Å². The van der Waals surface area contributed by atoms with Crippen molar-refractivity contribution in [3.63, 3.8) is 0 Å². The maximum absolute atomic E-state index is 14.2. The molecule has 0 bridgehead atoms. The highest BCUT2D eigenvalue weighted by Gasteiger charge is 2.56. The van der Waals surface area contributed by atoms with E-state index >= 15 is 0 Å². The first-order chi connectivity index (χ1) is 18.5. The number of esters is 1. The molecule has 12 nitrogen and oxygen atoms in total. The summed E-state index contributed by atoms with van der Waals surface area (Å²) in [5.74, 6) is -3.81. The number of anilines is 1. The molecule has 6 atom stereocenters. The van der Waals surface area contributed by atoms with Gasteiger partial charge in [-0.25, -0.2) is 18.1 Å². The van der Waals surface area contributed by atoms with E-state index in [0.29, 0.717) is 10.8 Å². The van der Waals surface area contributed by atoms with E-state index in [1.807, 2.05) is 0 Å². The molecule has 2 aromatic rings. The Hall–Kier alpha value is -2.90. The van der Waals surface area contributed by atoms with E-state index in [0.717, 1.165) is 0 Å². The summed E-state index contributed by atoms with van der Waals surface area (Å²) in [5, 5.41) is 10.9. The quantitative estimate of drug-likeness (QED) is 0.268. The Morgan fingerprint density at radius 2 is 2.03 bits per heavy atom. The average Bonchev–Trinajstić information content (AvgIpc) is 3.12. The maximum atomic E-state index is 14.2. The van der Waals surface area contributed by atoms with Crippen LogP contribution < -0.4 is 21.7 Å². The number of nitrogen functional groups attached to an aromatic ring is 1. The second kappa shape index (κ2) is 11.9. The van der Waals surface area contributed by atoms with Crippen LogP contribution in [0.25, 0.3) is 0 Å². The molecule has 210 valence electrons. The summed E-state index contributed by atoms with van der Waals surface area (Å²) in [6.45, 7) is -0.229. The van der Waals surface area contributed by atoms with Crippen LogP contribution in [0.3, 0.4) is 0 Å². The normalized spacial score (nSPS) is 26.8. The Labute approximate surface area is 220 Å². The number of rotatable bonds is 11. The minimum Gasteiger partial charge on any atom is -0.463 e. The first kappa shape index (κ1) is 26.7. The summed E-state index contributed by atoms with van der Waals surface area (Å²) in [4.78, 5) is 28.0. The number of hydrogen-bond donors (Lipinski definition) is 3. The number of hydrogen-bond acceptors (Lipinski definition) is 11. The zero-order chi connectivity index (χ0) is 30.0. The minimum atomic E-state index is -4.62. The number of nitrogens with zero attached hydrogens (tertiary/aromatic N) is 2. The predicted octanol–water partition coefficient (Wildman–Crippen LogP) is 1.77. The molecule has 15 heteroatoms. The average molecular weight is 563 g/mol. The summed E-state index contributed by atoms with van der Waals surface area (Å²) in [6.07, 6.45) is -7.03. The van der Waals surface area contributed by atoms with Crippen LogP contribution in [0.1, 0.15) is 29.7 Å². The van der Waals surface area contributed by atoms with Crippen LogP contribution in [-0.2, 0) is 23.4 Å². The number of carbonyl (C=O) groups excluding carboxylic acids is 1. The van der Waals surface area contributed by atoms with Gasteiger partial charge in [0.2, 0.25) is 0 Å². The van der Waals surface area contributed by atoms with E-state index in [1.165, 1.54) is 19.1 Å².